The highest BCUT2D eigenvalue weighted by atomic mass is 16.1. The third-order valence-corrected chi connectivity index (χ3v) is 3.78. The summed E-state index contributed by atoms with van der Waals surface area (Å²) < 4.78 is 3.59. The summed E-state index contributed by atoms with van der Waals surface area (Å²) in [7, 11) is 2.02. The second-order valence-corrected chi connectivity index (χ2v) is 5.05. The molecule has 5 nitrogen and oxygen atoms in total. The summed E-state index contributed by atoms with van der Waals surface area (Å²) in [5.74, 6) is 0.476. The number of fused-ring (bicyclic) bond motifs is 1. The summed E-state index contributed by atoms with van der Waals surface area (Å²) in [5, 5.41) is 7.59. The van der Waals surface area contributed by atoms with E-state index in [2.05, 4.69) is 15.0 Å². The van der Waals surface area contributed by atoms with Gasteiger partial charge in [-0.15, -0.1) is 0 Å². The van der Waals surface area contributed by atoms with Crippen molar-refractivity contribution in [3.05, 3.63) is 33.9 Å². The van der Waals surface area contributed by atoms with Gasteiger partial charge in [0.1, 0.15) is 5.65 Å². The number of rotatable bonds is 1. The predicted molar refractivity (Wildman–Crippen MR) is 70.0 cm³/mol. The van der Waals surface area contributed by atoms with Crippen molar-refractivity contribution in [1.82, 2.24) is 19.5 Å². The molecule has 0 atom stereocenters. The number of aromatic nitrogens is 3. The average Bonchev–Trinajstić information content (AvgIpc) is 2.78. The normalized spacial score (nSPS) is 17.4. The molecule has 2 aromatic heterocycles. The van der Waals surface area contributed by atoms with Gasteiger partial charge in [0.25, 0.3) is 5.56 Å². The van der Waals surface area contributed by atoms with Gasteiger partial charge in [0.05, 0.1) is 5.69 Å². The zero-order chi connectivity index (χ0) is 12.7. The van der Waals surface area contributed by atoms with Crippen LogP contribution in [0.25, 0.3) is 5.65 Å². The summed E-state index contributed by atoms with van der Waals surface area (Å²) in [6, 6.07) is 3.71. The molecule has 0 aromatic carbocycles. The molecular weight excluding hydrogens is 228 g/mol. The number of aryl methyl sites for hydroxylation is 2. The van der Waals surface area contributed by atoms with Crippen molar-refractivity contribution >= 4 is 5.65 Å². The Hall–Kier alpha value is -1.62. The number of piperidine rings is 1. The van der Waals surface area contributed by atoms with Crippen LogP contribution in [0.2, 0.25) is 0 Å². The van der Waals surface area contributed by atoms with Crippen LogP contribution in [0.3, 0.4) is 0 Å². The number of hydrogen-bond acceptors (Lipinski definition) is 3. The lowest BCUT2D eigenvalue weighted by atomic mass is 9.94. The maximum atomic E-state index is 12.1. The summed E-state index contributed by atoms with van der Waals surface area (Å²) in [6.45, 7) is 3.97. The molecule has 96 valence electrons. The van der Waals surface area contributed by atoms with E-state index in [0.717, 1.165) is 43.0 Å². The van der Waals surface area contributed by atoms with Gasteiger partial charge >= 0.3 is 0 Å². The second kappa shape index (κ2) is 4.24. The van der Waals surface area contributed by atoms with Crippen LogP contribution in [0.5, 0.6) is 0 Å². The van der Waals surface area contributed by atoms with Crippen molar-refractivity contribution in [2.45, 2.75) is 25.7 Å². The molecule has 0 spiro atoms. The summed E-state index contributed by atoms with van der Waals surface area (Å²) in [6.07, 6.45) is 2.19. The van der Waals surface area contributed by atoms with Gasteiger partial charge in [0, 0.05) is 30.8 Å². The van der Waals surface area contributed by atoms with Crippen LogP contribution >= 0.6 is 0 Å². The van der Waals surface area contributed by atoms with Gasteiger partial charge in [-0.1, -0.05) is 0 Å². The minimum absolute atomic E-state index is 0.0234. The van der Waals surface area contributed by atoms with E-state index in [4.69, 9.17) is 0 Å². The van der Waals surface area contributed by atoms with Crippen LogP contribution < -0.4 is 10.9 Å². The molecule has 1 N–H and O–H groups in total. The maximum Gasteiger partial charge on any atom is 0.274 e. The van der Waals surface area contributed by atoms with Gasteiger partial charge in [-0.25, -0.2) is 0 Å². The van der Waals surface area contributed by atoms with Gasteiger partial charge in [0.15, 0.2) is 0 Å². The van der Waals surface area contributed by atoms with Gasteiger partial charge in [0.2, 0.25) is 0 Å². The van der Waals surface area contributed by atoms with E-state index in [9.17, 15) is 4.79 Å². The Morgan fingerprint density at radius 2 is 2.06 bits per heavy atom. The lowest BCUT2D eigenvalue weighted by Gasteiger charge is -2.25. The summed E-state index contributed by atoms with van der Waals surface area (Å²) in [4.78, 5) is 12.1. The molecule has 0 radical (unpaired) electrons. The van der Waals surface area contributed by atoms with E-state index in [1.54, 1.807) is 6.07 Å². The summed E-state index contributed by atoms with van der Waals surface area (Å²) >= 11 is 0. The molecule has 0 unspecified atom stereocenters. The third kappa shape index (κ3) is 1.75. The van der Waals surface area contributed by atoms with Crippen molar-refractivity contribution < 1.29 is 0 Å². The molecule has 0 aliphatic carbocycles. The Kier molecular flexibility index (Phi) is 2.70. The number of nitrogens with one attached hydrogen (secondary N) is 1. The van der Waals surface area contributed by atoms with Crippen molar-refractivity contribution in [3.63, 3.8) is 0 Å². The molecule has 18 heavy (non-hydrogen) atoms. The zero-order valence-electron chi connectivity index (χ0n) is 10.8. The van der Waals surface area contributed by atoms with Gasteiger partial charge < -0.3 is 9.88 Å². The molecule has 3 heterocycles. The van der Waals surface area contributed by atoms with Crippen molar-refractivity contribution in [2.75, 3.05) is 13.1 Å². The Morgan fingerprint density at radius 3 is 2.78 bits per heavy atom. The molecule has 5 heteroatoms. The molecule has 1 aliphatic rings. The van der Waals surface area contributed by atoms with Crippen molar-refractivity contribution in [3.8, 4) is 0 Å². The Balaban J connectivity index is 2.17. The quantitative estimate of drug-likeness (QED) is 0.810. The monoisotopic (exact) mass is 246 g/mol. The largest absolute Gasteiger partial charge is 0.333 e. The van der Waals surface area contributed by atoms with E-state index >= 15 is 0 Å². The van der Waals surface area contributed by atoms with Gasteiger partial charge in [-0.3, -0.25) is 4.79 Å². The molecule has 0 saturated carbocycles. The maximum absolute atomic E-state index is 12.1. The third-order valence-electron chi connectivity index (χ3n) is 3.78. The van der Waals surface area contributed by atoms with E-state index < -0.39 is 0 Å². The lowest BCUT2D eigenvalue weighted by Crippen LogP contribution is -2.29. The topological polar surface area (TPSA) is 51.3 Å². The lowest BCUT2D eigenvalue weighted by molar-refractivity contribution is 0.443. The van der Waals surface area contributed by atoms with Crippen LogP contribution in [-0.4, -0.2) is 27.3 Å². The first-order valence-electron chi connectivity index (χ1n) is 6.44. The van der Waals surface area contributed by atoms with Crippen molar-refractivity contribution in [2.24, 2.45) is 7.05 Å². The molecule has 2 aromatic rings. The fourth-order valence-electron chi connectivity index (χ4n) is 2.81. The Morgan fingerprint density at radius 1 is 1.33 bits per heavy atom. The smallest absolute Gasteiger partial charge is 0.274 e. The highest BCUT2D eigenvalue weighted by molar-refractivity contribution is 5.42. The summed E-state index contributed by atoms with van der Waals surface area (Å²) in [5.41, 5.74) is 2.87. The first-order chi connectivity index (χ1) is 8.66. The molecule has 0 amide bonds. The van der Waals surface area contributed by atoms with Gasteiger partial charge in [-0.2, -0.15) is 9.61 Å². The van der Waals surface area contributed by atoms with Crippen LogP contribution in [0.15, 0.2) is 16.9 Å². The van der Waals surface area contributed by atoms with Gasteiger partial charge in [-0.05, 0) is 32.9 Å². The molecular formula is C13H18N4O. The van der Waals surface area contributed by atoms with Crippen LogP contribution in [0.4, 0.5) is 0 Å². The SMILES string of the molecule is Cc1cc2n(C)c(C3CCNCC3)cc(=O)n2n1. The minimum Gasteiger partial charge on any atom is -0.333 e. The van der Waals surface area contributed by atoms with E-state index in [1.165, 1.54) is 4.52 Å². The second-order valence-electron chi connectivity index (χ2n) is 5.05. The molecule has 0 bridgehead atoms. The first kappa shape index (κ1) is 11.5. The Labute approximate surface area is 105 Å². The number of nitrogens with zero attached hydrogens (tertiary/aromatic N) is 3. The highest BCUT2D eigenvalue weighted by Gasteiger charge is 2.19. The minimum atomic E-state index is -0.0234. The van der Waals surface area contributed by atoms with E-state index in [0.29, 0.717) is 5.92 Å². The standard InChI is InChI=1S/C13H18N4O/c1-9-7-12-16(2)11(8-13(18)17(12)15-9)10-3-5-14-6-4-10/h7-8,10,14H,3-6H2,1-2H3. The fraction of sp³-hybridized carbons (Fsp3) is 0.538. The fourth-order valence-corrected chi connectivity index (χ4v) is 2.81. The number of hydrogen-bond donors (Lipinski definition) is 1. The molecule has 1 fully saturated rings. The van der Waals surface area contributed by atoms with E-state index in [-0.39, 0.29) is 5.56 Å². The zero-order valence-corrected chi connectivity index (χ0v) is 10.8. The van der Waals surface area contributed by atoms with Crippen LogP contribution in [-0.2, 0) is 7.05 Å². The average molecular weight is 246 g/mol. The van der Waals surface area contributed by atoms with Crippen molar-refractivity contribution in [1.29, 1.82) is 0 Å². The molecule has 3 rings (SSSR count). The molecule has 1 aliphatic heterocycles. The first-order valence-corrected chi connectivity index (χ1v) is 6.44. The van der Waals surface area contributed by atoms with E-state index in [1.807, 2.05) is 20.0 Å². The van der Waals surface area contributed by atoms with Crippen LogP contribution in [0.1, 0.15) is 30.1 Å². The highest BCUT2D eigenvalue weighted by Crippen LogP contribution is 2.24. The Bertz CT molecular complexity index is 634. The predicted octanol–water partition coefficient (Wildman–Crippen LogP) is 0.808. The molecule has 1 saturated heterocycles. The van der Waals surface area contributed by atoms with Crippen LogP contribution in [0, 0.1) is 6.92 Å².